The second-order valence-electron chi connectivity index (χ2n) is 3.56. The Bertz CT molecular complexity index is 182. The predicted octanol–water partition coefficient (Wildman–Crippen LogP) is 1.05. The van der Waals surface area contributed by atoms with Crippen LogP contribution in [0, 0.1) is 5.92 Å². The minimum absolute atomic E-state index is 0.112. The number of aliphatic hydroxyl groups is 1. The third-order valence-electron chi connectivity index (χ3n) is 2.01. The zero-order valence-electron chi connectivity index (χ0n) is 8.03. The highest BCUT2D eigenvalue weighted by molar-refractivity contribution is 7.99. The lowest BCUT2D eigenvalue weighted by Crippen LogP contribution is -2.37. The summed E-state index contributed by atoms with van der Waals surface area (Å²) in [7, 11) is 0. The van der Waals surface area contributed by atoms with Crippen LogP contribution in [0.1, 0.15) is 20.3 Å². The van der Waals surface area contributed by atoms with Crippen molar-refractivity contribution in [3.8, 4) is 0 Å². The summed E-state index contributed by atoms with van der Waals surface area (Å²) in [5.41, 5.74) is 0. The SMILES string of the molecule is CC(C)C(=O)O[C@H]1CSCC[C@@H]1O. The topological polar surface area (TPSA) is 46.5 Å². The van der Waals surface area contributed by atoms with Gasteiger partial charge in [0.2, 0.25) is 0 Å². The smallest absolute Gasteiger partial charge is 0.308 e. The number of thioether (sulfide) groups is 1. The monoisotopic (exact) mass is 204 g/mol. The molecular formula is C9H16O3S. The largest absolute Gasteiger partial charge is 0.459 e. The molecule has 1 fully saturated rings. The molecule has 1 rings (SSSR count). The lowest BCUT2D eigenvalue weighted by molar-refractivity contribution is -0.157. The average Bonchev–Trinajstić information content (AvgIpc) is 2.08. The molecule has 1 heterocycles. The van der Waals surface area contributed by atoms with E-state index in [-0.39, 0.29) is 18.0 Å². The Morgan fingerprint density at radius 2 is 2.31 bits per heavy atom. The molecule has 13 heavy (non-hydrogen) atoms. The minimum Gasteiger partial charge on any atom is -0.459 e. The van der Waals surface area contributed by atoms with Crippen LogP contribution in [0.15, 0.2) is 0 Å². The maximum absolute atomic E-state index is 11.2. The Kier molecular flexibility index (Phi) is 4.06. The standard InChI is InChI=1S/C9H16O3S/c1-6(2)9(11)12-8-5-13-4-3-7(8)10/h6-8,10H,3-5H2,1-2H3/t7-,8-/m0/s1. The van der Waals surface area contributed by atoms with E-state index in [1.807, 2.05) is 0 Å². The molecule has 1 saturated heterocycles. The van der Waals surface area contributed by atoms with Crippen molar-refractivity contribution in [1.29, 1.82) is 0 Å². The summed E-state index contributed by atoms with van der Waals surface area (Å²) >= 11 is 1.72. The van der Waals surface area contributed by atoms with Gasteiger partial charge < -0.3 is 9.84 Å². The maximum Gasteiger partial charge on any atom is 0.308 e. The van der Waals surface area contributed by atoms with Crippen LogP contribution < -0.4 is 0 Å². The van der Waals surface area contributed by atoms with E-state index in [4.69, 9.17) is 4.74 Å². The van der Waals surface area contributed by atoms with Crippen LogP contribution in [0.5, 0.6) is 0 Å². The molecular weight excluding hydrogens is 188 g/mol. The summed E-state index contributed by atoms with van der Waals surface area (Å²) in [6.45, 7) is 3.59. The summed E-state index contributed by atoms with van der Waals surface area (Å²) in [6.07, 6.45) is -0.0432. The van der Waals surface area contributed by atoms with Crippen molar-refractivity contribution in [2.45, 2.75) is 32.5 Å². The zero-order valence-corrected chi connectivity index (χ0v) is 8.84. The first kappa shape index (κ1) is 10.9. The number of hydrogen-bond donors (Lipinski definition) is 1. The van der Waals surface area contributed by atoms with Gasteiger partial charge in [-0.05, 0) is 12.2 Å². The van der Waals surface area contributed by atoms with Crippen molar-refractivity contribution < 1.29 is 14.6 Å². The van der Waals surface area contributed by atoms with Gasteiger partial charge in [-0.25, -0.2) is 0 Å². The van der Waals surface area contributed by atoms with Gasteiger partial charge in [0.05, 0.1) is 12.0 Å². The molecule has 76 valence electrons. The van der Waals surface area contributed by atoms with E-state index in [1.165, 1.54) is 0 Å². The normalized spacial score (nSPS) is 28.9. The van der Waals surface area contributed by atoms with Crippen molar-refractivity contribution in [2.24, 2.45) is 5.92 Å². The molecule has 1 aliphatic heterocycles. The molecule has 4 heteroatoms. The molecule has 0 spiro atoms. The minimum atomic E-state index is -0.469. The third-order valence-corrected chi connectivity index (χ3v) is 3.10. The highest BCUT2D eigenvalue weighted by Crippen LogP contribution is 2.21. The summed E-state index contributed by atoms with van der Waals surface area (Å²) in [4.78, 5) is 11.2. The molecule has 3 nitrogen and oxygen atoms in total. The molecule has 0 radical (unpaired) electrons. The van der Waals surface area contributed by atoms with Gasteiger partial charge in [0, 0.05) is 5.75 Å². The van der Waals surface area contributed by atoms with Crippen molar-refractivity contribution in [1.82, 2.24) is 0 Å². The third kappa shape index (κ3) is 3.19. The van der Waals surface area contributed by atoms with Crippen LogP contribution in [0.4, 0.5) is 0 Å². The lowest BCUT2D eigenvalue weighted by atomic mass is 10.1. The number of hydrogen-bond acceptors (Lipinski definition) is 4. The maximum atomic E-state index is 11.2. The summed E-state index contributed by atoms with van der Waals surface area (Å²) < 4.78 is 5.16. The van der Waals surface area contributed by atoms with E-state index in [1.54, 1.807) is 25.6 Å². The molecule has 0 amide bonds. The van der Waals surface area contributed by atoms with E-state index >= 15 is 0 Å². The molecule has 0 aromatic carbocycles. The van der Waals surface area contributed by atoms with Crippen LogP contribution in [-0.4, -0.2) is 34.8 Å². The summed E-state index contributed by atoms with van der Waals surface area (Å²) in [5, 5.41) is 9.51. The van der Waals surface area contributed by atoms with Gasteiger partial charge in [-0.3, -0.25) is 4.79 Å². The van der Waals surface area contributed by atoms with Crippen LogP contribution in [0.3, 0.4) is 0 Å². The quantitative estimate of drug-likeness (QED) is 0.683. The van der Waals surface area contributed by atoms with E-state index < -0.39 is 6.10 Å². The molecule has 0 aliphatic carbocycles. The Hall–Kier alpha value is -0.220. The number of rotatable bonds is 2. The fraction of sp³-hybridized carbons (Fsp3) is 0.889. The van der Waals surface area contributed by atoms with Gasteiger partial charge in [-0.15, -0.1) is 0 Å². The van der Waals surface area contributed by atoms with E-state index in [2.05, 4.69) is 0 Å². The Labute approximate surface area is 82.8 Å². The predicted molar refractivity (Wildman–Crippen MR) is 52.7 cm³/mol. The second-order valence-corrected chi connectivity index (χ2v) is 4.71. The average molecular weight is 204 g/mol. The highest BCUT2D eigenvalue weighted by Gasteiger charge is 2.27. The first-order chi connectivity index (χ1) is 6.11. The van der Waals surface area contributed by atoms with Crippen molar-refractivity contribution >= 4 is 17.7 Å². The Balaban J connectivity index is 2.38. The Morgan fingerprint density at radius 3 is 2.85 bits per heavy atom. The number of esters is 1. The number of aliphatic hydroxyl groups excluding tert-OH is 1. The fourth-order valence-electron chi connectivity index (χ4n) is 1.10. The fourth-order valence-corrected chi connectivity index (χ4v) is 2.20. The molecule has 0 aromatic heterocycles. The number of carbonyl (C=O) groups is 1. The van der Waals surface area contributed by atoms with Crippen LogP contribution in [-0.2, 0) is 9.53 Å². The molecule has 0 saturated carbocycles. The summed E-state index contributed by atoms with van der Waals surface area (Å²) in [6, 6.07) is 0. The van der Waals surface area contributed by atoms with Crippen molar-refractivity contribution in [3.63, 3.8) is 0 Å². The second kappa shape index (κ2) is 4.86. The van der Waals surface area contributed by atoms with Gasteiger partial charge in [0.15, 0.2) is 0 Å². The molecule has 0 aromatic rings. The van der Waals surface area contributed by atoms with Crippen LogP contribution >= 0.6 is 11.8 Å². The first-order valence-corrected chi connectivity index (χ1v) is 5.73. The van der Waals surface area contributed by atoms with Gasteiger partial charge in [-0.1, -0.05) is 13.8 Å². The van der Waals surface area contributed by atoms with E-state index in [9.17, 15) is 9.90 Å². The van der Waals surface area contributed by atoms with E-state index in [0.29, 0.717) is 0 Å². The first-order valence-electron chi connectivity index (χ1n) is 4.57. The number of ether oxygens (including phenoxy) is 1. The molecule has 0 unspecified atom stereocenters. The molecule has 0 bridgehead atoms. The van der Waals surface area contributed by atoms with Gasteiger partial charge in [-0.2, -0.15) is 11.8 Å². The van der Waals surface area contributed by atoms with Gasteiger partial charge >= 0.3 is 5.97 Å². The lowest BCUT2D eigenvalue weighted by Gasteiger charge is -2.27. The van der Waals surface area contributed by atoms with Gasteiger partial charge in [0.25, 0.3) is 0 Å². The number of carbonyl (C=O) groups excluding carboxylic acids is 1. The van der Waals surface area contributed by atoms with Crippen LogP contribution in [0.2, 0.25) is 0 Å². The molecule has 2 atom stereocenters. The Morgan fingerprint density at radius 1 is 1.62 bits per heavy atom. The van der Waals surface area contributed by atoms with Crippen molar-refractivity contribution in [2.75, 3.05) is 11.5 Å². The zero-order chi connectivity index (χ0) is 9.84. The van der Waals surface area contributed by atoms with Crippen LogP contribution in [0.25, 0.3) is 0 Å². The summed E-state index contributed by atoms with van der Waals surface area (Å²) in [5.74, 6) is 1.35. The van der Waals surface area contributed by atoms with Crippen molar-refractivity contribution in [3.05, 3.63) is 0 Å². The highest BCUT2D eigenvalue weighted by atomic mass is 32.2. The van der Waals surface area contributed by atoms with Gasteiger partial charge in [0.1, 0.15) is 6.10 Å². The molecule has 1 aliphatic rings. The molecule has 1 N–H and O–H groups in total. The van der Waals surface area contributed by atoms with E-state index in [0.717, 1.165) is 17.9 Å².